The van der Waals surface area contributed by atoms with Crippen LogP contribution in [0.4, 0.5) is 0 Å². The molecule has 2 aromatic heterocycles. The maximum Gasteiger partial charge on any atom is 0.311 e. The Kier molecular flexibility index (Phi) is 8.49. The van der Waals surface area contributed by atoms with Crippen LogP contribution in [0.15, 0.2) is 35.3 Å². The average molecular weight is 538 g/mol. The van der Waals surface area contributed by atoms with Gasteiger partial charge in [0.1, 0.15) is 11.9 Å². The minimum absolute atomic E-state index is 0.0141. The molecule has 0 amide bonds. The average Bonchev–Trinajstić information content (AvgIpc) is 3.55. The van der Waals surface area contributed by atoms with Gasteiger partial charge >= 0.3 is 5.97 Å². The largest absolute Gasteiger partial charge is 0.460 e. The van der Waals surface area contributed by atoms with Crippen LogP contribution in [-0.4, -0.2) is 63.8 Å². The highest BCUT2D eigenvalue weighted by Gasteiger charge is 2.29. The van der Waals surface area contributed by atoms with Gasteiger partial charge in [0.05, 0.1) is 36.3 Å². The molecule has 2 aliphatic heterocycles. The number of carbonyl (C=O) groups excluding carboxylic acids is 1. The van der Waals surface area contributed by atoms with E-state index in [0.29, 0.717) is 44.0 Å². The van der Waals surface area contributed by atoms with Crippen LogP contribution in [0.3, 0.4) is 0 Å². The van der Waals surface area contributed by atoms with Gasteiger partial charge in [-0.2, -0.15) is 0 Å². The molecule has 9 heteroatoms. The zero-order chi connectivity index (χ0) is 27.5. The van der Waals surface area contributed by atoms with Crippen molar-refractivity contribution in [2.75, 3.05) is 26.4 Å². The fourth-order valence-corrected chi connectivity index (χ4v) is 5.66. The van der Waals surface area contributed by atoms with Crippen LogP contribution in [0.25, 0.3) is 22.4 Å². The molecule has 210 valence electrons. The number of pyridine rings is 1. The van der Waals surface area contributed by atoms with Gasteiger partial charge < -0.3 is 28.5 Å². The predicted molar refractivity (Wildman–Crippen MR) is 147 cm³/mol. The van der Waals surface area contributed by atoms with Gasteiger partial charge in [-0.05, 0) is 69.2 Å². The maximum atomic E-state index is 12.8. The zero-order valence-electron chi connectivity index (χ0n) is 23.1. The molecule has 3 atom stereocenters. The Morgan fingerprint density at radius 3 is 2.64 bits per heavy atom. The summed E-state index contributed by atoms with van der Waals surface area (Å²) >= 11 is 0. The summed E-state index contributed by atoms with van der Waals surface area (Å²) in [6, 6.07) is 8.17. The molecule has 0 aliphatic carbocycles. The van der Waals surface area contributed by atoms with Gasteiger partial charge in [0.25, 0.3) is 5.56 Å². The lowest BCUT2D eigenvalue weighted by molar-refractivity contribution is -0.158. The Morgan fingerprint density at radius 2 is 1.95 bits per heavy atom. The van der Waals surface area contributed by atoms with Crippen LogP contribution in [0.1, 0.15) is 43.7 Å². The van der Waals surface area contributed by atoms with Crippen LogP contribution in [0.5, 0.6) is 0 Å². The van der Waals surface area contributed by atoms with E-state index in [4.69, 9.17) is 19.2 Å². The quantitative estimate of drug-likeness (QED) is 0.417. The number of carbonyl (C=O) groups is 1. The molecule has 4 heterocycles. The Bertz CT molecular complexity index is 1340. The van der Waals surface area contributed by atoms with Gasteiger partial charge in [0.15, 0.2) is 0 Å². The summed E-state index contributed by atoms with van der Waals surface area (Å²) < 4.78 is 20.4. The summed E-state index contributed by atoms with van der Waals surface area (Å²) in [4.78, 5) is 30.2. The molecule has 2 fully saturated rings. The lowest BCUT2D eigenvalue weighted by Gasteiger charge is -2.23. The number of aliphatic hydroxyl groups excluding tert-OH is 1. The standard InChI is InChI=1S/C30H39N3O6/c1-19-14-23(17-32(3)29(19)35)28-31-26-15-21(5-7-27(26)33(28)16-22-8-11-37-12-9-22)4-6-25(20(2)34)30(36)39-24-10-13-38-18-24/h5,7,14-15,17,20,22,24-25,34H,4,6,8-13,16,18H2,1-3H3/t20-,24+,25+/m1/s1. The molecule has 0 unspecified atom stereocenters. The number of benzene rings is 1. The molecule has 1 N–H and O–H groups in total. The van der Waals surface area contributed by atoms with Gasteiger partial charge in [-0.25, -0.2) is 4.98 Å². The van der Waals surface area contributed by atoms with E-state index in [0.717, 1.165) is 60.6 Å². The Hall–Kier alpha value is -3.01. The van der Waals surface area contributed by atoms with E-state index in [1.165, 1.54) is 0 Å². The first-order chi connectivity index (χ1) is 18.8. The van der Waals surface area contributed by atoms with Gasteiger partial charge in [-0.3, -0.25) is 9.59 Å². The zero-order valence-corrected chi connectivity index (χ0v) is 23.1. The Labute approximate surface area is 228 Å². The van der Waals surface area contributed by atoms with Crippen LogP contribution in [0, 0.1) is 18.8 Å². The van der Waals surface area contributed by atoms with E-state index in [-0.39, 0.29) is 17.6 Å². The van der Waals surface area contributed by atoms with E-state index in [1.807, 2.05) is 19.2 Å². The molecule has 0 spiro atoms. The fraction of sp³-hybridized carbons (Fsp3) is 0.567. The van der Waals surface area contributed by atoms with E-state index < -0.39 is 12.0 Å². The predicted octanol–water partition coefficient (Wildman–Crippen LogP) is 3.40. The molecule has 0 saturated carbocycles. The van der Waals surface area contributed by atoms with Crippen molar-refractivity contribution >= 4 is 17.0 Å². The third kappa shape index (κ3) is 6.26. The highest BCUT2D eigenvalue weighted by atomic mass is 16.6. The van der Waals surface area contributed by atoms with Crippen molar-refractivity contribution in [3.63, 3.8) is 0 Å². The normalized spacial score (nSPS) is 19.8. The third-order valence-corrected chi connectivity index (χ3v) is 8.01. The van der Waals surface area contributed by atoms with Crippen molar-refractivity contribution in [3.05, 3.63) is 51.9 Å². The summed E-state index contributed by atoms with van der Waals surface area (Å²) in [7, 11) is 1.77. The van der Waals surface area contributed by atoms with E-state index >= 15 is 0 Å². The summed E-state index contributed by atoms with van der Waals surface area (Å²) in [5.74, 6) is 0.369. The monoisotopic (exact) mass is 537 g/mol. The Balaban J connectivity index is 1.41. The third-order valence-electron chi connectivity index (χ3n) is 8.01. The molecule has 2 saturated heterocycles. The summed E-state index contributed by atoms with van der Waals surface area (Å²) in [5.41, 5.74) is 4.54. The second-order valence-electron chi connectivity index (χ2n) is 11.1. The highest BCUT2D eigenvalue weighted by Crippen LogP contribution is 2.29. The van der Waals surface area contributed by atoms with Crippen molar-refractivity contribution in [3.8, 4) is 11.4 Å². The van der Waals surface area contributed by atoms with Crippen molar-refractivity contribution in [2.24, 2.45) is 18.9 Å². The molecule has 0 radical (unpaired) electrons. The van der Waals surface area contributed by atoms with Gasteiger partial charge in [-0.1, -0.05) is 6.07 Å². The van der Waals surface area contributed by atoms with Crippen molar-refractivity contribution in [2.45, 2.75) is 64.7 Å². The summed E-state index contributed by atoms with van der Waals surface area (Å²) in [5, 5.41) is 10.3. The number of aromatic nitrogens is 3. The number of rotatable bonds is 9. The SMILES string of the molecule is Cc1cc(-c2nc3cc(CC[C@H](C(=O)O[C@H]4CCOC4)[C@@H](C)O)ccc3n2CC2CCOCC2)cn(C)c1=O. The number of ether oxygens (including phenoxy) is 3. The molecule has 1 aromatic carbocycles. The maximum absolute atomic E-state index is 12.8. The molecule has 2 aliphatic rings. The first-order valence-electron chi connectivity index (χ1n) is 14.0. The first kappa shape index (κ1) is 27.6. The number of aryl methyl sites for hydroxylation is 3. The number of nitrogens with zero attached hydrogens (tertiary/aromatic N) is 3. The van der Waals surface area contributed by atoms with Gasteiger partial charge in [0.2, 0.25) is 0 Å². The van der Waals surface area contributed by atoms with Gasteiger partial charge in [0, 0.05) is 50.6 Å². The van der Waals surface area contributed by atoms with Crippen molar-refractivity contribution < 1.29 is 24.1 Å². The fourth-order valence-electron chi connectivity index (χ4n) is 5.66. The second-order valence-corrected chi connectivity index (χ2v) is 11.1. The topological polar surface area (TPSA) is 105 Å². The van der Waals surface area contributed by atoms with E-state index in [1.54, 1.807) is 18.5 Å². The van der Waals surface area contributed by atoms with Crippen LogP contribution in [0.2, 0.25) is 0 Å². The number of hydrogen-bond donors (Lipinski definition) is 1. The summed E-state index contributed by atoms with van der Waals surface area (Å²) in [6.45, 7) is 6.87. The van der Waals surface area contributed by atoms with Crippen LogP contribution < -0.4 is 5.56 Å². The molecular formula is C30H39N3O6. The summed E-state index contributed by atoms with van der Waals surface area (Å²) in [6.07, 6.45) is 4.63. The number of esters is 1. The van der Waals surface area contributed by atoms with Crippen LogP contribution in [-0.2, 0) is 39.0 Å². The van der Waals surface area contributed by atoms with E-state index in [9.17, 15) is 14.7 Å². The second kappa shape index (κ2) is 12.0. The van der Waals surface area contributed by atoms with Crippen molar-refractivity contribution in [1.82, 2.24) is 14.1 Å². The minimum atomic E-state index is -0.804. The molecule has 5 rings (SSSR count). The lowest BCUT2D eigenvalue weighted by Crippen LogP contribution is -2.31. The lowest BCUT2D eigenvalue weighted by atomic mass is 9.95. The number of hydrogen-bond acceptors (Lipinski definition) is 7. The highest BCUT2D eigenvalue weighted by molar-refractivity contribution is 5.81. The smallest absolute Gasteiger partial charge is 0.311 e. The number of fused-ring (bicyclic) bond motifs is 1. The minimum Gasteiger partial charge on any atom is -0.460 e. The van der Waals surface area contributed by atoms with E-state index in [2.05, 4.69) is 22.8 Å². The molecular weight excluding hydrogens is 498 g/mol. The molecule has 39 heavy (non-hydrogen) atoms. The molecule has 0 bridgehead atoms. The number of aliphatic hydroxyl groups is 1. The Morgan fingerprint density at radius 1 is 1.18 bits per heavy atom. The first-order valence-corrected chi connectivity index (χ1v) is 14.0. The van der Waals surface area contributed by atoms with Crippen LogP contribution >= 0.6 is 0 Å². The number of imidazole rings is 1. The molecule has 9 nitrogen and oxygen atoms in total. The molecule has 3 aromatic rings. The van der Waals surface area contributed by atoms with Gasteiger partial charge in [-0.15, -0.1) is 0 Å². The van der Waals surface area contributed by atoms with Crippen molar-refractivity contribution in [1.29, 1.82) is 0 Å².